The molecule has 5 rings (SSSR count). The molecule has 2 aromatic carbocycles. The lowest BCUT2D eigenvalue weighted by molar-refractivity contribution is 0.119. The zero-order valence-corrected chi connectivity index (χ0v) is 23.0. The third kappa shape index (κ3) is 6.29. The van der Waals surface area contributed by atoms with Gasteiger partial charge in [0, 0.05) is 49.4 Å². The van der Waals surface area contributed by atoms with Crippen LogP contribution >= 0.6 is 12.4 Å². The molecule has 204 valence electrons. The third-order valence-corrected chi connectivity index (χ3v) is 8.33. The van der Waals surface area contributed by atoms with E-state index >= 15 is 0 Å². The predicted octanol–water partition coefficient (Wildman–Crippen LogP) is 5.04. The number of hydrogen-bond acceptors (Lipinski definition) is 5. The Bertz CT molecular complexity index is 1540. The number of benzene rings is 2. The first kappa shape index (κ1) is 28.7. The molecule has 10 heteroatoms. The van der Waals surface area contributed by atoms with Gasteiger partial charge in [0.2, 0.25) is 10.0 Å². The highest BCUT2D eigenvalue weighted by Crippen LogP contribution is 2.39. The van der Waals surface area contributed by atoms with E-state index in [0.717, 1.165) is 40.9 Å². The molecule has 0 saturated heterocycles. The Morgan fingerprint density at radius 1 is 1.05 bits per heavy atom. The molecule has 0 bridgehead atoms. The number of nitrogens with zero attached hydrogens (tertiary/aromatic N) is 2. The lowest BCUT2D eigenvalue weighted by Crippen LogP contribution is -2.32. The Morgan fingerprint density at radius 2 is 1.74 bits per heavy atom. The van der Waals surface area contributed by atoms with Crippen LogP contribution in [0.5, 0.6) is 0 Å². The van der Waals surface area contributed by atoms with Crippen LogP contribution in [-0.4, -0.2) is 55.1 Å². The van der Waals surface area contributed by atoms with Crippen molar-refractivity contribution in [2.24, 2.45) is 0 Å². The molecular formula is C29H30ClFN4O3S. The van der Waals surface area contributed by atoms with Crippen LogP contribution < -0.4 is 4.72 Å². The molecule has 0 saturated carbocycles. The number of pyridine rings is 1. The molecule has 3 heterocycles. The van der Waals surface area contributed by atoms with E-state index in [0.29, 0.717) is 18.7 Å². The maximum absolute atomic E-state index is 13.6. The van der Waals surface area contributed by atoms with E-state index in [2.05, 4.69) is 25.7 Å². The van der Waals surface area contributed by atoms with E-state index in [-0.39, 0.29) is 23.1 Å². The summed E-state index contributed by atoms with van der Waals surface area (Å²) in [5.41, 5.74) is 6.87. The minimum absolute atomic E-state index is 0. The van der Waals surface area contributed by atoms with Gasteiger partial charge >= 0.3 is 0 Å². The molecule has 0 aliphatic carbocycles. The van der Waals surface area contributed by atoms with Gasteiger partial charge in [-0.15, -0.1) is 12.4 Å². The van der Waals surface area contributed by atoms with Gasteiger partial charge in [-0.2, -0.15) is 0 Å². The molecule has 2 aromatic heterocycles. The lowest BCUT2D eigenvalue weighted by atomic mass is 9.92. The van der Waals surface area contributed by atoms with Gasteiger partial charge in [-0.1, -0.05) is 18.2 Å². The monoisotopic (exact) mass is 568 g/mol. The number of aromatic nitrogens is 2. The second kappa shape index (κ2) is 12.2. The maximum atomic E-state index is 13.6. The Labute approximate surface area is 233 Å². The molecule has 3 N–H and O–H groups in total. The Kier molecular flexibility index (Phi) is 8.99. The minimum atomic E-state index is -3.51. The second-order valence-electron chi connectivity index (χ2n) is 9.23. The fourth-order valence-electron chi connectivity index (χ4n) is 4.80. The normalized spacial score (nSPS) is 14.9. The molecule has 1 aliphatic heterocycles. The van der Waals surface area contributed by atoms with Gasteiger partial charge in [0.25, 0.3) is 0 Å². The molecule has 7 nitrogen and oxygen atoms in total. The Hall–Kier alpha value is -3.34. The number of β-amino-alcohol motifs (C(OH)–C–C–N with tert-alkyl or cyclic N) is 1. The fraction of sp³-hybridized carbons (Fsp3) is 0.207. The van der Waals surface area contributed by atoms with Crippen LogP contribution in [0.25, 0.3) is 28.0 Å². The summed E-state index contributed by atoms with van der Waals surface area (Å²) in [6, 6.07) is 16.7. The number of rotatable bonds is 8. The summed E-state index contributed by atoms with van der Waals surface area (Å²) in [5, 5.41) is 10.8. The zero-order chi connectivity index (χ0) is 26.7. The molecule has 0 amide bonds. The zero-order valence-electron chi connectivity index (χ0n) is 21.3. The molecule has 1 aliphatic rings. The number of H-pyrrole nitrogens is 1. The second-order valence-corrected chi connectivity index (χ2v) is 11.1. The van der Waals surface area contributed by atoms with E-state index < -0.39 is 16.1 Å². The molecule has 1 atom stereocenters. The van der Waals surface area contributed by atoms with Crippen molar-refractivity contribution in [2.75, 3.05) is 26.7 Å². The van der Waals surface area contributed by atoms with Crippen molar-refractivity contribution in [2.45, 2.75) is 17.4 Å². The largest absolute Gasteiger partial charge is 0.387 e. The van der Waals surface area contributed by atoms with Gasteiger partial charge in [0.15, 0.2) is 0 Å². The number of halogens is 2. The van der Waals surface area contributed by atoms with Gasteiger partial charge in [-0.25, -0.2) is 17.5 Å². The summed E-state index contributed by atoms with van der Waals surface area (Å²) in [4.78, 5) is 9.90. The molecule has 0 spiro atoms. The number of aromatic amines is 1. The first-order chi connectivity index (χ1) is 18.4. The predicted molar refractivity (Wildman–Crippen MR) is 153 cm³/mol. The van der Waals surface area contributed by atoms with E-state index in [1.54, 1.807) is 36.7 Å². The first-order valence-corrected chi connectivity index (χ1v) is 13.8. The van der Waals surface area contributed by atoms with Crippen LogP contribution in [0.1, 0.15) is 23.7 Å². The molecule has 4 aromatic rings. The van der Waals surface area contributed by atoms with Crippen LogP contribution in [0.3, 0.4) is 0 Å². The molecule has 0 fully saturated rings. The van der Waals surface area contributed by atoms with Gasteiger partial charge in [0.05, 0.1) is 16.7 Å². The number of nitrogens with one attached hydrogen (secondary N) is 2. The van der Waals surface area contributed by atoms with Crippen molar-refractivity contribution in [3.63, 3.8) is 0 Å². The fourth-order valence-corrected chi connectivity index (χ4v) is 5.53. The van der Waals surface area contributed by atoms with Gasteiger partial charge in [-0.05, 0) is 84.3 Å². The van der Waals surface area contributed by atoms with E-state index in [1.807, 2.05) is 18.3 Å². The number of sulfonamides is 1. The summed E-state index contributed by atoms with van der Waals surface area (Å²) in [7, 11) is -2.15. The van der Waals surface area contributed by atoms with Crippen LogP contribution in [-0.2, 0) is 10.0 Å². The van der Waals surface area contributed by atoms with Crippen molar-refractivity contribution in [3.8, 4) is 22.4 Å². The first-order valence-electron chi connectivity index (χ1n) is 12.4. The average molecular weight is 569 g/mol. The summed E-state index contributed by atoms with van der Waals surface area (Å²) in [6.07, 6.45) is 7.78. The quantitative estimate of drug-likeness (QED) is 0.277. The minimum Gasteiger partial charge on any atom is -0.387 e. The highest BCUT2D eigenvalue weighted by atomic mass is 35.5. The van der Waals surface area contributed by atoms with Gasteiger partial charge in [-0.3, -0.25) is 9.88 Å². The van der Waals surface area contributed by atoms with E-state index in [1.165, 1.54) is 36.9 Å². The SMILES string of the molecule is CNS(=O)(=O)c1ccc(C(O)CN2CC=C(c3c[nH]c(-c4ccc(F)cc4)c3-c3ccncc3)CC2)cc1.Cl. The summed E-state index contributed by atoms with van der Waals surface area (Å²) >= 11 is 0. The number of aliphatic hydroxyl groups is 1. The highest BCUT2D eigenvalue weighted by molar-refractivity contribution is 7.89. The molecule has 0 radical (unpaired) electrons. The highest BCUT2D eigenvalue weighted by Gasteiger charge is 2.22. The van der Waals surface area contributed by atoms with Crippen molar-refractivity contribution < 1.29 is 17.9 Å². The maximum Gasteiger partial charge on any atom is 0.240 e. The topological polar surface area (TPSA) is 98.3 Å². The Morgan fingerprint density at radius 3 is 2.36 bits per heavy atom. The summed E-state index contributed by atoms with van der Waals surface area (Å²) in [5.74, 6) is -0.276. The van der Waals surface area contributed by atoms with Crippen LogP contribution in [0.2, 0.25) is 0 Å². The van der Waals surface area contributed by atoms with Crippen molar-refractivity contribution in [1.29, 1.82) is 0 Å². The molecular weight excluding hydrogens is 539 g/mol. The standard InChI is InChI=1S/C29H29FN4O3S.ClH/c1-31-38(36,37)25-8-4-21(5-9-25)27(35)19-34-16-12-20(13-17-34)26-18-33-29(23-2-6-24(30)7-3-23)28(26)22-10-14-32-15-11-22;/h2-12,14-15,18,27,31,33,35H,13,16-17,19H2,1H3;1H. The number of hydrogen-bond donors (Lipinski definition) is 3. The molecule has 39 heavy (non-hydrogen) atoms. The number of aliphatic hydroxyl groups excluding tert-OH is 1. The van der Waals surface area contributed by atoms with Crippen molar-refractivity contribution in [3.05, 3.63) is 102 Å². The van der Waals surface area contributed by atoms with E-state index in [4.69, 9.17) is 0 Å². The van der Waals surface area contributed by atoms with Crippen molar-refractivity contribution >= 4 is 28.0 Å². The van der Waals surface area contributed by atoms with Crippen molar-refractivity contribution in [1.82, 2.24) is 19.6 Å². The third-order valence-electron chi connectivity index (χ3n) is 6.90. The van der Waals surface area contributed by atoms with Gasteiger partial charge < -0.3 is 10.1 Å². The average Bonchev–Trinajstić information content (AvgIpc) is 3.39. The van der Waals surface area contributed by atoms with Gasteiger partial charge in [0.1, 0.15) is 5.82 Å². The molecule has 1 unspecified atom stereocenters. The summed E-state index contributed by atoms with van der Waals surface area (Å²) < 4.78 is 39.7. The van der Waals surface area contributed by atoms with Crippen LogP contribution in [0.4, 0.5) is 4.39 Å². The lowest BCUT2D eigenvalue weighted by Gasteiger charge is -2.28. The summed E-state index contributed by atoms with van der Waals surface area (Å²) in [6.45, 7) is 1.88. The Balaban J connectivity index is 0.00000353. The smallest absolute Gasteiger partial charge is 0.240 e. The van der Waals surface area contributed by atoms with E-state index in [9.17, 15) is 17.9 Å². The van der Waals surface area contributed by atoms with Crippen LogP contribution in [0, 0.1) is 5.82 Å². The van der Waals surface area contributed by atoms with Crippen LogP contribution in [0.15, 0.2) is 90.2 Å².